The van der Waals surface area contributed by atoms with Crippen LogP contribution in [0.5, 0.6) is 0 Å². The molecular weight excluding hydrogens is 218 g/mol. The van der Waals surface area contributed by atoms with Crippen molar-refractivity contribution in [1.82, 2.24) is 4.98 Å². The maximum absolute atomic E-state index is 9.79. The third kappa shape index (κ3) is 1.85. The first kappa shape index (κ1) is 10.2. The Morgan fingerprint density at radius 2 is 2.12 bits per heavy atom. The minimum atomic E-state index is -0.128. The van der Waals surface area contributed by atoms with Gasteiger partial charge in [0.15, 0.2) is 0 Å². The number of H-pyrrole nitrogens is 1. The van der Waals surface area contributed by atoms with Crippen molar-refractivity contribution < 1.29 is 5.11 Å². The van der Waals surface area contributed by atoms with Crippen molar-refractivity contribution in [3.8, 4) is 0 Å². The molecule has 2 atom stereocenters. The van der Waals surface area contributed by atoms with Crippen molar-refractivity contribution in [2.75, 3.05) is 0 Å². The number of hydrogen-bond acceptors (Lipinski definition) is 2. The summed E-state index contributed by atoms with van der Waals surface area (Å²) in [7, 11) is 0. The van der Waals surface area contributed by atoms with E-state index in [1.807, 2.05) is 6.07 Å². The predicted molar refractivity (Wildman–Crippen MR) is 67.8 cm³/mol. The van der Waals surface area contributed by atoms with E-state index in [0.717, 1.165) is 19.3 Å². The highest BCUT2D eigenvalue weighted by molar-refractivity contribution is 7.99. The molecule has 0 spiro atoms. The van der Waals surface area contributed by atoms with E-state index < -0.39 is 0 Å². The monoisotopic (exact) mass is 233 g/mol. The van der Waals surface area contributed by atoms with Gasteiger partial charge in [-0.3, -0.25) is 0 Å². The summed E-state index contributed by atoms with van der Waals surface area (Å²) in [6, 6.07) is 10.5. The van der Waals surface area contributed by atoms with Crippen LogP contribution in [0.15, 0.2) is 35.4 Å². The smallest absolute Gasteiger partial charge is 0.0736 e. The molecule has 0 radical (unpaired) electrons. The standard InChI is InChI=1S/C13H15NOS/c15-11-6-3-7-12(11)16-13-8-9-4-1-2-5-10(9)14-13/h1-2,4-5,8,11-12,14-15H,3,6-7H2/t11-,12-/m0/s1. The maximum Gasteiger partial charge on any atom is 0.0736 e. The van der Waals surface area contributed by atoms with Crippen LogP contribution in [0.3, 0.4) is 0 Å². The summed E-state index contributed by atoms with van der Waals surface area (Å²) in [5.41, 5.74) is 1.18. The molecule has 0 bridgehead atoms. The Morgan fingerprint density at radius 3 is 2.88 bits per heavy atom. The molecule has 1 aromatic carbocycles. The number of aromatic amines is 1. The van der Waals surface area contributed by atoms with Crippen molar-refractivity contribution in [3.63, 3.8) is 0 Å². The highest BCUT2D eigenvalue weighted by Crippen LogP contribution is 2.35. The lowest BCUT2D eigenvalue weighted by Gasteiger charge is -2.11. The molecule has 1 aliphatic rings. The van der Waals surface area contributed by atoms with Gasteiger partial charge in [-0.15, -0.1) is 11.8 Å². The second-order valence-electron chi connectivity index (χ2n) is 4.38. The quantitative estimate of drug-likeness (QED) is 0.835. The highest BCUT2D eigenvalue weighted by Gasteiger charge is 2.26. The van der Waals surface area contributed by atoms with Gasteiger partial charge in [-0.2, -0.15) is 0 Å². The highest BCUT2D eigenvalue weighted by atomic mass is 32.2. The van der Waals surface area contributed by atoms with E-state index in [4.69, 9.17) is 0 Å². The number of fused-ring (bicyclic) bond motifs is 1. The Hall–Kier alpha value is -0.930. The maximum atomic E-state index is 9.79. The van der Waals surface area contributed by atoms with Crippen LogP contribution in [0, 0.1) is 0 Å². The largest absolute Gasteiger partial charge is 0.392 e. The van der Waals surface area contributed by atoms with Crippen LogP contribution in [0.2, 0.25) is 0 Å². The zero-order valence-electron chi connectivity index (χ0n) is 9.02. The van der Waals surface area contributed by atoms with Gasteiger partial charge < -0.3 is 10.1 Å². The van der Waals surface area contributed by atoms with Crippen LogP contribution < -0.4 is 0 Å². The van der Waals surface area contributed by atoms with Gasteiger partial charge in [0.1, 0.15) is 0 Å². The fourth-order valence-corrected chi connectivity index (χ4v) is 3.58. The Bertz CT molecular complexity index is 460. The topological polar surface area (TPSA) is 36.0 Å². The van der Waals surface area contributed by atoms with E-state index in [2.05, 4.69) is 29.2 Å². The summed E-state index contributed by atoms with van der Waals surface area (Å²) in [5.74, 6) is 0. The minimum Gasteiger partial charge on any atom is -0.392 e. The van der Waals surface area contributed by atoms with Gasteiger partial charge in [0.25, 0.3) is 0 Å². The van der Waals surface area contributed by atoms with Gasteiger partial charge in [-0.05, 0) is 31.4 Å². The van der Waals surface area contributed by atoms with Gasteiger partial charge in [0.05, 0.1) is 11.1 Å². The molecule has 1 aliphatic carbocycles. The molecule has 1 heterocycles. The fraction of sp³-hybridized carbons (Fsp3) is 0.385. The molecule has 2 nitrogen and oxygen atoms in total. The lowest BCUT2D eigenvalue weighted by Crippen LogP contribution is -2.14. The first-order chi connectivity index (χ1) is 7.83. The average molecular weight is 233 g/mol. The zero-order chi connectivity index (χ0) is 11.0. The number of para-hydroxylation sites is 1. The number of aromatic nitrogens is 1. The van der Waals surface area contributed by atoms with E-state index in [1.54, 1.807) is 11.8 Å². The number of nitrogens with one attached hydrogen (secondary N) is 1. The molecular formula is C13H15NOS. The molecule has 0 aliphatic heterocycles. The Balaban J connectivity index is 1.83. The number of hydrogen-bond donors (Lipinski definition) is 2. The molecule has 3 heteroatoms. The summed E-state index contributed by atoms with van der Waals surface area (Å²) >= 11 is 1.78. The molecule has 2 aromatic rings. The Labute approximate surface area is 99.1 Å². The van der Waals surface area contributed by atoms with E-state index in [1.165, 1.54) is 15.9 Å². The van der Waals surface area contributed by atoms with E-state index in [-0.39, 0.29) is 6.10 Å². The SMILES string of the molecule is O[C@H]1CCC[C@@H]1Sc1cc2ccccc2[nH]1. The van der Waals surface area contributed by atoms with Gasteiger partial charge >= 0.3 is 0 Å². The van der Waals surface area contributed by atoms with Crippen molar-refractivity contribution >= 4 is 22.7 Å². The minimum absolute atomic E-state index is 0.128. The Kier molecular flexibility index (Phi) is 2.65. The Morgan fingerprint density at radius 1 is 1.25 bits per heavy atom. The van der Waals surface area contributed by atoms with E-state index in [9.17, 15) is 5.11 Å². The molecule has 0 saturated heterocycles. The predicted octanol–water partition coefficient (Wildman–Crippen LogP) is 3.17. The summed E-state index contributed by atoms with van der Waals surface area (Å²) < 4.78 is 0. The van der Waals surface area contributed by atoms with Gasteiger partial charge in [0, 0.05) is 16.2 Å². The van der Waals surface area contributed by atoms with Gasteiger partial charge in [0.2, 0.25) is 0 Å². The number of rotatable bonds is 2. The normalized spacial score (nSPS) is 25.3. The number of aliphatic hydroxyl groups is 1. The zero-order valence-corrected chi connectivity index (χ0v) is 9.83. The van der Waals surface area contributed by atoms with Gasteiger partial charge in [-0.1, -0.05) is 18.2 Å². The average Bonchev–Trinajstić information content (AvgIpc) is 2.85. The molecule has 1 saturated carbocycles. The second-order valence-corrected chi connectivity index (χ2v) is 5.66. The van der Waals surface area contributed by atoms with Crippen molar-refractivity contribution in [2.45, 2.75) is 35.6 Å². The second kappa shape index (κ2) is 4.15. The molecule has 1 fully saturated rings. The van der Waals surface area contributed by atoms with Crippen LogP contribution in [-0.4, -0.2) is 21.4 Å². The third-order valence-electron chi connectivity index (χ3n) is 3.20. The van der Waals surface area contributed by atoms with E-state index >= 15 is 0 Å². The molecule has 0 unspecified atom stereocenters. The summed E-state index contributed by atoms with van der Waals surface area (Å²) in [6.45, 7) is 0. The summed E-state index contributed by atoms with van der Waals surface area (Å²) in [4.78, 5) is 3.39. The lowest BCUT2D eigenvalue weighted by atomic mass is 10.3. The first-order valence-electron chi connectivity index (χ1n) is 5.75. The van der Waals surface area contributed by atoms with Crippen LogP contribution in [0.25, 0.3) is 10.9 Å². The number of thioether (sulfide) groups is 1. The fourth-order valence-electron chi connectivity index (χ4n) is 2.32. The first-order valence-corrected chi connectivity index (χ1v) is 6.63. The molecule has 2 N–H and O–H groups in total. The molecule has 0 amide bonds. The molecule has 84 valence electrons. The van der Waals surface area contributed by atoms with Crippen molar-refractivity contribution in [1.29, 1.82) is 0 Å². The third-order valence-corrected chi connectivity index (χ3v) is 4.53. The summed E-state index contributed by atoms with van der Waals surface area (Å²) in [5, 5.41) is 12.6. The number of aliphatic hydroxyl groups excluding tert-OH is 1. The van der Waals surface area contributed by atoms with Crippen LogP contribution >= 0.6 is 11.8 Å². The van der Waals surface area contributed by atoms with Crippen LogP contribution in [-0.2, 0) is 0 Å². The van der Waals surface area contributed by atoms with Crippen LogP contribution in [0.1, 0.15) is 19.3 Å². The van der Waals surface area contributed by atoms with Gasteiger partial charge in [-0.25, -0.2) is 0 Å². The van der Waals surface area contributed by atoms with Crippen LogP contribution in [0.4, 0.5) is 0 Å². The molecule has 1 aromatic heterocycles. The molecule has 3 rings (SSSR count). The van der Waals surface area contributed by atoms with Crippen molar-refractivity contribution in [3.05, 3.63) is 30.3 Å². The molecule has 16 heavy (non-hydrogen) atoms. The van der Waals surface area contributed by atoms with Crippen molar-refractivity contribution in [2.24, 2.45) is 0 Å². The van der Waals surface area contributed by atoms with E-state index in [0.29, 0.717) is 5.25 Å². The lowest BCUT2D eigenvalue weighted by molar-refractivity contribution is 0.188. The number of benzene rings is 1. The summed E-state index contributed by atoms with van der Waals surface area (Å²) in [6.07, 6.45) is 3.11.